The molecule has 5 heteroatoms. The maximum atomic E-state index is 10.4. The van der Waals surface area contributed by atoms with Gasteiger partial charge in [-0.3, -0.25) is 4.98 Å². The number of nitrogens with zero attached hydrogens (tertiary/aromatic N) is 4. The van der Waals surface area contributed by atoms with Crippen molar-refractivity contribution >= 4 is 16.7 Å². The first kappa shape index (κ1) is 19.6. The lowest BCUT2D eigenvalue weighted by Crippen LogP contribution is -2.31. The van der Waals surface area contributed by atoms with Crippen LogP contribution in [0.3, 0.4) is 0 Å². The Kier molecular flexibility index (Phi) is 4.71. The molecule has 5 nitrogen and oxygen atoms in total. The largest absolute Gasteiger partial charge is 0.386 e. The first-order valence-electron chi connectivity index (χ1n) is 10.7. The van der Waals surface area contributed by atoms with E-state index >= 15 is 0 Å². The second kappa shape index (κ2) is 7.43. The number of rotatable bonds is 3. The number of fused-ring (bicyclic) bond motifs is 2. The number of benzene rings is 2. The van der Waals surface area contributed by atoms with Gasteiger partial charge in [0.2, 0.25) is 0 Å². The van der Waals surface area contributed by atoms with Crippen LogP contribution in [0.2, 0.25) is 0 Å². The van der Waals surface area contributed by atoms with Gasteiger partial charge in [-0.25, -0.2) is 9.97 Å². The standard InChI is InChI=1S/C26H26N4O/c1-17-11-20(19-5-4-9-27-14-19)13-23-24(17)28-16-29-25(23)30-10-8-18-6-7-22(26(2,3)31)12-21(18)15-30/h4-7,9,11-14,16,31H,8,10,15H2,1-3H3. The van der Waals surface area contributed by atoms with Crippen LogP contribution in [-0.2, 0) is 18.6 Å². The molecular weight excluding hydrogens is 384 g/mol. The summed E-state index contributed by atoms with van der Waals surface area (Å²) in [5.74, 6) is 0.957. The number of hydrogen-bond donors (Lipinski definition) is 1. The van der Waals surface area contributed by atoms with Gasteiger partial charge in [-0.1, -0.05) is 24.3 Å². The second-order valence-corrected chi connectivity index (χ2v) is 8.84. The van der Waals surface area contributed by atoms with Crippen LogP contribution in [0.15, 0.2) is 61.2 Å². The van der Waals surface area contributed by atoms with Gasteiger partial charge in [0.05, 0.1) is 11.1 Å². The molecule has 1 aliphatic rings. The smallest absolute Gasteiger partial charge is 0.140 e. The molecule has 0 spiro atoms. The minimum absolute atomic E-state index is 0.765. The lowest BCUT2D eigenvalue weighted by atomic mass is 9.91. The van der Waals surface area contributed by atoms with Crippen LogP contribution in [0.4, 0.5) is 5.82 Å². The molecule has 0 saturated heterocycles. The Morgan fingerprint density at radius 3 is 2.65 bits per heavy atom. The van der Waals surface area contributed by atoms with Crippen LogP contribution >= 0.6 is 0 Å². The van der Waals surface area contributed by atoms with Crippen molar-refractivity contribution in [3.63, 3.8) is 0 Å². The summed E-state index contributed by atoms with van der Waals surface area (Å²) in [6, 6.07) is 14.7. The van der Waals surface area contributed by atoms with Crippen LogP contribution in [0, 0.1) is 6.92 Å². The van der Waals surface area contributed by atoms with E-state index in [1.807, 2.05) is 32.2 Å². The summed E-state index contributed by atoms with van der Waals surface area (Å²) in [6.07, 6.45) is 6.30. The normalized spacial score (nSPS) is 14.0. The first-order valence-corrected chi connectivity index (χ1v) is 10.7. The van der Waals surface area contributed by atoms with Crippen LogP contribution in [0.25, 0.3) is 22.0 Å². The summed E-state index contributed by atoms with van der Waals surface area (Å²) in [6.45, 7) is 7.42. The Morgan fingerprint density at radius 1 is 1.00 bits per heavy atom. The van der Waals surface area contributed by atoms with Crippen molar-refractivity contribution in [1.29, 1.82) is 0 Å². The summed E-state index contributed by atoms with van der Waals surface area (Å²) >= 11 is 0. The Bertz CT molecular complexity index is 1260. The van der Waals surface area contributed by atoms with Crippen molar-refractivity contribution in [2.45, 2.75) is 39.3 Å². The topological polar surface area (TPSA) is 62.1 Å². The van der Waals surface area contributed by atoms with E-state index in [0.717, 1.165) is 58.5 Å². The molecule has 1 aliphatic heterocycles. The van der Waals surface area contributed by atoms with E-state index in [1.54, 1.807) is 12.5 Å². The average Bonchev–Trinajstić information content (AvgIpc) is 2.78. The Balaban J connectivity index is 1.59. The van der Waals surface area contributed by atoms with Gasteiger partial charge in [-0.05, 0) is 73.2 Å². The summed E-state index contributed by atoms with van der Waals surface area (Å²) in [5.41, 5.74) is 6.99. The van der Waals surface area contributed by atoms with Crippen molar-refractivity contribution in [1.82, 2.24) is 15.0 Å². The number of anilines is 1. The molecule has 0 bridgehead atoms. The second-order valence-electron chi connectivity index (χ2n) is 8.84. The molecule has 156 valence electrons. The first-order chi connectivity index (χ1) is 14.9. The number of pyridine rings is 1. The molecule has 0 fully saturated rings. The molecule has 0 saturated carbocycles. The van der Waals surface area contributed by atoms with Gasteiger partial charge in [0.1, 0.15) is 12.1 Å². The van der Waals surface area contributed by atoms with Crippen LogP contribution in [0.1, 0.15) is 36.1 Å². The molecule has 31 heavy (non-hydrogen) atoms. The van der Waals surface area contributed by atoms with Gasteiger partial charge in [-0.15, -0.1) is 0 Å². The maximum absolute atomic E-state index is 10.4. The van der Waals surface area contributed by atoms with Crippen molar-refractivity contribution < 1.29 is 5.11 Å². The molecule has 0 aliphatic carbocycles. The van der Waals surface area contributed by atoms with E-state index in [2.05, 4.69) is 52.1 Å². The predicted octanol–water partition coefficient (Wildman–Crippen LogP) is 4.79. The molecule has 2 aromatic carbocycles. The zero-order valence-electron chi connectivity index (χ0n) is 18.1. The molecule has 5 rings (SSSR count). The van der Waals surface area contributed by atoms with Gasteiger partial charge in [0.25, 0.3) is 0 Å². The van der Waals surface area contributed by atoms with E-state index in [0.29, 0.717) is 0 Å². The van der Waals surface area contributed by atoms with Crippen LogP contribution in [0.5, 0.6) is 0 Å². The van der Waals surface area contributed by atoms with E-state index < -0.39 is 5.60 Å². The van der Waals surface area contributed by atoms with Gasteiger partial charge < -0.3 is 10.0 Å². The zero-order chi connectivity index (χ0) is 21.6. The fraction of sp³-hybridized carbons (Fsp3) is 0.269. The number of aryl methyl sites for hydroxylation is 1. The molecule has 2 aromatic heterocycles. The molecule has 4 aromatic rings. The summed E-state index contributed by atoms with van der Waals surface area (Å²) in [4.78, 5) is 15.9. The van der Waals surface area contributed by atoms with Gasteiger partial charge >= 0.3 is 0 Å². The van der Waals surface area contributed by atoms with E-state index in [1.165, 1.54) is 11.1 Å². The highest BCUT2D eigenvalue weighted by Gasteiger charge is 2.23. The number of aromatic nitrogens is 3. The molecular formula is C26H26N4O. The highest BCUT2D eigenvalue weighted by atomic mass is 16.3. The third-order valence-electron chi connectivity index (χ3n) is 6.13. The molecule has 3 heterocycles. The lowest BCUT2D eigenvalue weighted by Gasteiger charge is -2.32. The lowest BCUT2D eigenvalue weighted by molar-refractivity contribution is 0.0785. The quantitative estimate of drug-likeness (QED) is 0.526. The Morgan fingerprint density at radius 2 is 1.87 bits per heavy atom. The molecule has 0 unspecified atom stereocenters. The van der Waals surface area contributed by atoms with Gasteiger partial charge in [-0.2, -0.15) is 0 Å². The number of aliphatic hydroxyl groups is 1. The van der Waals surface area contributed by atoms with Gasteiger partial charge in [0.15, 0.2) is 0 Å². The van der Waals surface area contributed by atoms with E-state index in [4.69, 9.17) is 4.98 Å². The zero-order valence-corrected chi connectivity index (χ0v) is 18.1. The van der Waals surface area contributed by atoms with Crippen LogP contribution < -0.4 is 4.90 Å². The highest BCUT2D eigenvalue weighted by molar-refractivity contribution is 5.95. The molecule has 1 N–H and O–H groups in total. The molecule has 0 atom stereocenters. The van der Waals surface area contributed by atoms with Crippen molar-refractivity contribution in [3.8, 4) is 11.1 Å². The minimum atomic E-state index is -0.853. The molecule has 0 radical (unpaired) electrons. The number of hydrogen-bond acceptors (Lipinski definition) is 5. The van der Waals surface area contributed by atoms with Crippen LogP contribution in [-0.4, -0.2) is 26.6 Å². The van der Waals surface area contributed by atoms with Crippen molar-refractivity contribution in [2.24, 2.45) is 0 Å². The van der Waals surface area contributed by atoms with Gasteiger partial charge in [0, 0.05) is 36.4 Å². The van der Waals surface area contributed by atoms with Crippen molar-refractivity contribution in [3.05, 3.63) is 83.4 Å². The monoisotopic (exact) mass is 410 g/mol. The molecule has 0 amide bonds. The van der Waals surface area contributed by atoms with Crippen molar-refractivity contribution in [2.75, 3.05) is 11.4 Å². The third-order valence-corrected chi connectivity index (χ3v) is 6.13. The average molecular weight is 411 g/mol. The third kappa shape index (κ3) is 3.66. The fourth-order valence-corrected chi connectivity index (χ4v) is 4.40. The Labute approximate surface area is 182 Å². The minimum Gasteiger partial charge on any atom is -0.386 e. The SMILES string of the molecule is Cc1cc(-c2cccnc2)cc2c(N3CCc4ccc(C(C)(C)O)cc4C3)ncnc12. The van der Waals surface area contributed by atoms with E-state index in [-0.39, 0.29) is 0 Å². The summed E-state index contributed by atoms with van der Waals surface area (Å²) < 4.78 is 0. The highest BCUT2D eigenvalue weighted by Crippen LogP contribution is 2.34. The van der Waals surface area contributed by atoms with E-state index in [9.17, 15) is 5.11 Å². The summed E-state index contributed by atoms with van der Waals surface area (Å²) in [5, 5.41) is 11.5. The summed E-state index contributed by atoms with van der Waals surface area (Å²) in [7, 11) is 0. The maximum Gasteiger partial charge on any atom is 0.140 e. The fourth-order valence-electron chi connectivity index (χ4n) is 4.40. The Hall–Kier alpha value is -3.31. The predicted molar refractivity (Wildman–Crippen MR) is 124 cm³/mol.